The monoisotopic (exact) mass is 409 g/mol. The predicted molar refractivity (Wildman–Crippen MR) is 102 cm³/mol. The minimum absolute atomic E-state index is 0.0489. The van der Waals surface area contributed by atoms with Crippen molar-refractivity contribution in [1.29, 1.82) is 0 Å². The van der Waals surface area contributed by atoms with Gasteiger partial charge < -0.3 is 9.47 Å². The van der Waals surface area contributed by atoms with Crippen molar-refractivity contribution in [3.05, 3.63) is 29.8 Å². The Morgan fingerprint density at radius 3 is 2.21 bits per heavy atom. The molecule has 0 spiro atoms. The third kappa shape index (κ3) is 4.38. The van der Waals surface area contributed by atoms with Crippen LogP contribution in [0.25, 0.3) is 0 Å². The van der Waals surface area contributed by atoms with Gasteiger partial charge in [0.15, 0.2) is 0 Å². The van der Waals surface area contributed by atoms with E-state index in [0.29, 0.717) is 19.3 Å². The molecule has 1 aromatic rings. The lowest BCUT2D eigenvalue weighted by molar-refractivity contribution is -0.164. The number of hydrogen-bond donors (Lipinski definition) is 0. The van der Waals surface area contributed by atoms with Crippen LogP contribution < -0.4 is 0 Å². The molecule has 0 N–H and O–H groups in total. The molecule has 0 radical (unpaired) electrons. The average molecular weight is 410 g/mol. The number of piperidine rings is 1. The molecule has 7 nitrogen and oxygen atoms in total. The molecule has 8 heteroatoms. The van der Waals surface area contributed by atoms with Crippen LogP contribution in [0.4, 0.5) is 0 Å². The van der Waals surface area contributed by atoms with Crippen LogP contribution in [0.5, 0.6) is 0 Å². The van der Waals surface area contributed by atoms with Gasteiger partial charge in [-0.1, -0.05) is 32.9 Å². The number of carbonyl (C=O) groups excluding carboxylic acids is 2. The molecule has 1 atom stereocenters. The Morgan fingerprint density at radius 1 is 1.11 bits per heavy atom. The van der Waals surface area contributed by atoms with Crippen LogP contribution in [0.3, 0.4) is 0 Å². The zero-order chi connectivity index (χ0) is 20.5. The van der Waals surface area contributed by atoms with Gasteiger partial charge in [0.1, 0.15) is 0 Å². The summed E-state index contributed by atoms with van der Waals surface area (Å²) >= 11 is 0. The Morgan fingerprint density at radius 2 is 1.71 bits per heavy atom. The molecule has 0 aliphatic carbocycles. The highest BCUT2D eigenvalue weighted by Crippen LogP contribution is 2.28. The molecule has 0 unspecified atom stereocenters. The van der Waals surface area contributed by atoms with E-state index in [2.05, 4.69) is 20.8 Å². The molecule has 2 fully saturated rings. The third-order valence-corrected chi connectivity index (χ3v) is 7.20. The number of sulfonamides is 1. The molecule has 0 amide bonds. The molecular weight excluding hydrogens is 382 g/mol. The molecule has 2 aliphatic rings. The van der Waals surface area contributed by atoms with E-state index in [1.807, 2.05) is 12.1 Å². The van der Waals surface area contributed by atoms with Gasteiger partial charge in [0.2, 0.25) is 16.1 Å². The molecule has 0 bridgehead atoms. The molecule has 2 heterocycles. The van der Waals surface area contributed by atoms with Crippen molar-refractivity contribution in [3.8, 4) is 0 Å². The van der Waals surface area contributed by atoms with E-state index in [0.717, 1.165) is 5.56 Å². The van der Waals surface area contributed by atoms with Crippen molar-refractivity contribution in [2.75, 3.05) is 19.7 Å². The fourth-order valence-corrected chi connectivity index (χ4v) is 4.90. The van der Waals surface area contributed by atoms with Crippen LogP contribution >= 0.6 is 0 Å². The highest BCUT2D eigenvalue weighted by Gasteiger charge is 2.36. The van der Waals surface area contributed by atoms with E-state index in [4.69, 9.17) is 9.47 Å². The van der Waals surface area contributed by atoms with Gasteiger partial charge in [0.25, 0.3) is 0 Å². The first-order valence-corrected chi connectivity index (χ1v) is 11.0. The Kier molecular flexibility index (Phi) is 5.82. The minimum Gasteiger partial charge on any atom is -0.463 e. The topological polar surface area (TPSA) is 90.0 Å². The molecular formula is C20H27NO6S. The van der Waals surface area contributed by atoms with Gasteiger partial charge >= 0.3 is 11.9 Å². The summed E-state index contributed by atoms with van der Waals surface area (Å²) in [6, 6.07) is 6.97. The highest BCUT2D eigenvalue weighted by molar-refractivity contribution is 7.89. The molecule has 0 aromatic heterocycles. The van der Waals surface area contributed by atoms with Crippen LogP contribution in [0.2, 0.25) is 0 Å². The second-order valence-corrected chi connectivity index (χ2v) is 10.3. The number of nitrogens with zero attached hydrogens (tertiary/aromatic N) is 1. The zero-order valence-corrected chi connectivity index (χ0v) is 17.3. The number of hydrogen-bond acceptors (Lipinski definition) is 6. The summed E-state index contributed by atoms with van der Waals surface area (Å²) in [5, 5.41) is 0. The van der Waals surface area contributed by atoms with Gasteiger partial charge in [-0.2, -0.15) is 4.31 Å². The second-order valence-electron chi connectivity index (χ2n) is 8.33. The van der Waals surface area contributed by atoms with E-state index in [1.54, 1.807) is 12.1 Å². The predicted octanol–water partition coefficient (Wildman–Crippen LogP) is 2.24. The number of cyclic esters (lactones) is 1. The Labute approximate surface area is 166 Å². The van der Waals surface area contributed by atoms with E-state index < -0.39 is 34.0 Å². The number of rotatable bonds is 4. The third-order valence-electron chi connectivity index (χ3n) is 5.29. The highest BCUT2D eigenvalue weighted by atomic mass is 32.2. The standard InChI is InChI=1S/C20H27NO6S/c1-20(2,3)15-4-6-16(7-5-15)28(24,25)21-11-8-14(9-12-21)18(22)27-17-10-13-26-19(17)23/h4-7,14,17H,8-13H2,1-3H3/t17-/m0/s1. The van der Waals surface area contributed by atoms with Gasteiger partial charge in [0, 0.05) is 19.5 Å². The Balaban J connectivity index is 1.60. The van der Waals surface area contributed by atoms with Gasteiger partial charge in [-0.3, -0.25) is 4.79 Å². The normalized spacial score (nSPS) is 22.1. The molecule has 0 saturated carbocycles. The average Bonchev–Trinajstić information content (AvgIpc) is 3.06. The minimum atomic E-state index is -3.60. The lowest BCUT2D eigenvalue weighted by atomic mass is 9.87. The van der Waals surface area contributed by atoms with E-state index in [9.17, 15) is 18.0 Å². The van der Waals surface area contributed by atoms with Crippen molar-refractivity contribution < 1.29 is 27.5 Å². The van der Waals surface area contributed by atoms with Gasteiger partial charge in [-0.25, -0.2) is 13.2 Å². The van der Waals surface area contributed by atoms with E-state index >= 15 is 0 Å². The van der Waals surface area contributed by atoms with Crippen molar-refractivity contribution in [1.82, 2.24) is 4.31 Å². The fraction of sp³-hybridized carbons (Fsp3) is 0.600. The molecule has 2 aliphatic heterocycles. The maximum absolute atomic E-state index is 12.9. The molecule has 2 saturated heterocycles. The Bertz CT molecular complexity index is 832. The maximum Gasteiger partial charge on any atom is 0.347 e. The summed E-state index contributed by atoms with van der Waals surface area (Å²) in [5.74, 6) is -1.36. The number of carbonyl (C=O) groups is 2. The lowest BCUT2D eigenvalue weighted by Crippen LogP contribution is -2.41. The van der Waals surface area contributed by atoms with Gasteiger partial charge in [0.05, 0.1) is 17.4 Å². The van der Waals surface area contributed by atoms with Crippen LogP contribution in [0.15, 0.2) is 29.2 Å². The molecule has 154 valence electrons. The van der Waals surface area contributed by atoms with Crippen LogP contribution in [0, 0.1) is 5.92 Å². The molecule has 1 aromatic carbocycles. The van der Waals surface area contributed by atoms with Gasteiger partial charge in [-0.05, 0) is 36.0 Å². The first kappa shape index (κ1) is 20.8. The van der Waals surface area contributed by atoms with Gasteiger partial charge in [-0.15, -0.1) is 0 Å². The number of ether oxygens (including phenoxy) is 2. The summed E-state index contributed by atoms with van der Waals surface area (Å²) in [6.07, 6.45) is 0.304. The van der Waals surface area contributed by atoms with Crippen LogP contribution in [-0.2, 0) is 34.5 Å². The summed E-state index contributed by atoms with van der Waals surface area (Å²) in [4.78, 5) is 24.0. The van der Waals surface area contributed by atoms with Crippen molar-refractivity contribution >= 4 is 22.0 Å². The smallest absolute Gasteiger partial charge is 0.347 e. The molecule has 28 heavy (non-hydrogen) atoms. The zero-order valence-electron chi connectivity index (χ0n) is 16.5. The number of esters is 2. The second kappa shape index (κ2) is 7.83. The summed E-state index contributed by atoms with van der Waals surface area (Å²) in [6.45, 7) is 6.99. The fourth-order valence-electron chi connectivity index (χ4n) is 3.43. The summed E-state index contributed by atoms with van der Waals surface area (Å²) in [5.41, 5.74) is 1.02. The van der Waals surface area contributed by atoms with Crippen molar-refractivity contribution in [3.63, 3.8) is 0 Å². The lowest BCUT2D eigenvalue weighted by Gasteiger charge is -2.30. The molecule has 3 rings (SSSR count). The quantitative estimate of drug-likeness (QED) is 0.709. The maximum atomic E-state index is 12.9. The van der Waals surface area contributed by atoms with Crippen molar-refractivity contribution in [2.45, 2.75) is 56.4 Å². The summed E-state index contributed by atoms with van der Waals surface area (Å²) in [7, 11) is -3.60. The van der Waals surface area contributed by atoms with Crippen LogP contribution in [0.1, 0.15) is 45.6 Å². The first-order chi connectivity index (χ1) is 13.1. The van der Waals surface area contributed by atoms with Crippen molar-refractivity contribution in [2.24, 2.45) is 5.92 Å². The Hall–Kier alpha value is -1.93. The van der Waals surface area contributed by atoms with E-state index in [-0.39, 0.29) is 30.0 Å². The number of benzene rings is 1. The van der Waals surface area contributed by atoms with E-state index in [1.165, 1.54) is 4.31 Å². The first-order valence-electron chi connectivity index (χ1n) is 9.57. The SMILES string of the molecule is CC(C)(C)c1ccc(S(=O)(=O)N2CCC(C(=O)O[C@H]3CCOC3=O)CC2)cc1. The van der Waals surface area contributed by atoms with Crippen LogP contribution in [-0.4, -0.2) is 50.5 Å². The summed E-state index contributed by atoms with van der Waals surface area (Å²) < 4.78 is 37.2. The largest absolute Gasteiger partial charge is 0.463 e.